The second-order valence-electron chi connectivity index (χ2n) is 4.33. The molecular weight excluding hydrogens is 212 g/mol. The average Bonchev–Trinajstić information content (AvgIpc) is 2.76. The standard InChI is InChI=1S/C13H18N4/c1-3-12(14)6-11-7-13(9-15-8-11)17-5-4-10(2)16-17/h4-5,7-9,12H,3,6,14H2,1-2H3. The second-order valence-corrected chi connectivity index (χ2v) is 4.33. The van der Waals surface area contributed by atoms with Crippen LogP contribution in [0.3, 0.4) is 0 Å². The van der Waals surface area contributed by atoms with E-state index >= 15 is 0 Å². The van der Waals surface area contributed by atoms with Gasteiger partial charge in [0, 0.05) is 18.4 Å². The molecule has 4 heteroatoms. The molecule has 2 heterocycles. The van der Waals surface area contributed by atoms with Gasteiger partial charge in [-0.2, -0.15) is 5.10 Å². The second kappa shape index (κ2) is 5.10. The third-order valence-electron chi connectivity index (χ3n) is 2.79. The van der Waals surface area contributed by atoms with E-state index in [1.807, 2.05) is 36.3 Å². The van der Waals surface area contributed by atoms with Gasteiger partial charge in [-0.05, 0) is 37.5 Å². The summed E-state index contributed by atoms with van der Waals surface area (Å²) in [6.45, 7) is 4.07. The lowest BCUT2D eigenvalue weighted by Gasteiger charge is -2.09. The van der Waals surface area contributed by atoms with Crippen LogP contribution in [0.25, 0.3) is 5.69 Å². The van der Waals surface area contributed by atoms with Crippen molar-refractivity contribution in [3.63, 3.8) is 0 Å². The lowest BCUT2D eigenvalue weighted by atomic mass is 10.1. The van der Waals surface area contributed by atoms with E-state index in [0.717, 1.165) is 29.8 Å². The van der Waals surface area contributed by atoms with E-state index in [-0.39, 0.29) is 6.04 Å². The number of rotatable bonds is 4. The summed E-state index contributed by atoms with van der Waals surface area (Å²) in [5.41, 5.74) is 9.09. The molecule has 0 amide bonds. The molecule has 2 rings (SSSR count). The van der Waals surface area contributed by atoms with Crippen LogP contribution in [0.5, 0.6) is 0 Å². The van der Waals surface area contributed by atoms with Crippen LogP contribution in [0.2, 0.25) is 0 Å². The van der Waals surface area contributed by atoms with E-state index < -0.39 is 0 Å². The number of nitrogens with two attached hydrogens (primary N) is 1. The number of nitrogens with zero attached hydrogens (tertiary/aromatic N) is 3. The fraction of sp³-hybridized carbons (Fsp3) is 0.385. The quantitative estimate of drug-likeness (QED) is 0.872. The Balaban J connectivity index is 2.22. The number of aryl methyl sites for hydroxylation is 1. The van der Waals surface area contributed by atoms with Gasteiger partial charge in [-0.3, -0.25) is 4.98 Å². The Labute approximate surface area is 101 Å². The van der Waals surface area contributed by atoms with Gasteiger partial charge in [0.2, 0.25) is 0 Å². The largest absolute Gasteiger partial charge is 0.327 e. The van der Waals surface area contributed by atoms with Gasteiger partial charge in [0.05, 0.1) is 17.6 Å². The molecule has 0 spiro atoms. The zero-order valence-electron chi connectivity index (χ0n) is 10.3. The molecule has 0 aromatic carbocycles. The minimum Gasteiger partial charge on any atom is -0.327 e. The van der Waals surface area contributed by atoms with Crippen molar-refractivity contribution in [2.24, 2.45) is 5.73 Å². The molecule has 0 saturated carbocycles. The van der Waals surface area contributed by atoms with Crippen molar-refractivity contribution in [2.45, 2.75) is 32.7 Å². The van der Waals surface area contributed by atoms with Crippen LogP contribution in [-0.4, -0.2) is 20.8 Å². The molecule has 0 bridgehead atoms. The van der Waals surface area contributed by atoms with Crippen LogP contribution in [-0.2, 0) is 6.42 Å². The lowest BCUT2D eigenvalue weighted by Crippen LogP contribution is -2.21. The van der Waals surface area contributed by atoms with Gasteiger partial charge in [-0.1, -0.05) is 6.92 Å². The molecule has 4 nitrogen and oxygen atoms in total. The molecule has 17 heavy (non-hydrogen) atoms. The molecule has 0 aliphatic rings. The predicted octanol–water partition coefficient (Wildman–Crippen LogP) is 1.86. The van der Waals surface area contributed by atoms with Crippen LogP contribution in [0.4, 0.5) is 0 Å². The highest BCUT2D eigenvalue weighted by Crippen LogP contribution is 2.10. The van der Waals surface area contributed by atoms with Gasteiger partial charge in [-0.25, -0.2) is 4.68 Å². The minimum absolute atomic E-state index is 0.200. The summed E-state index contributed by atoms with van der Waals surface area (Å²) in [5.74, 6) is 0. The summed E-state index contributed by atoms with van der Waals surface area (Å²) in [6.07, 6.45) is 7.46. The summed E-state index contributed by atoms with van der Waals surface area (Å²) >= 11 is 0. The number of hydrogen-bond donors (Lipinski definition) is 1. The highest BCUT2D eigenvalue weighted by molar-refractivity contribution is 5.31. The first-order valence-electron chi connectivity index (χ1n) is 5.91. The van der Waals surface area contributed by atoms with Crippen molar-refractivity contribution in [3.05, 3.63) is 42.0 Å². The first-order valence-corrected chi connectivity index (χ1v) is 5.91. The SMILES string of the molecule is CCC(N)Cc1cncc(-n2ccc(C)n2)c1. The Morgan fingerprint density at radius 3 is 2.88 bits per heavy atom. The maximum absolute atomic E-state index is 5.95. The van der Waals surface area contributed by atoms with Crippen LogP contribution in [0.1, 0.15) is 24.6 Å². The maximum atomic E-state index is 5.95. The highest BCUT2D eigenvalue weighted by atomic mass is 15.3. The van der Waals surface area contributed by atoms with Gasteiger partial charge in [0.1, 0.15) is 0 Å². The third-order valence-corrected chi connectivity index (χ3v) is 2.79. The summed E-state index contributed by atoms with van der Waals surface area (Å²) < 4.78 is 1.84. The maximum Gasteiger partial charge on any atom is 0.0831 e. The molecule has 1 unspecified atom stereocenters. The fourth-order valence-corrected chi connectivity index (χ4v) is 1.72. The Kier molecular flexibility index (Phi) is 3.54. The van der Waals surface area contributed by atoms with E-state index in [0.29, 0.717) is 0 Å². The predicted molar refractivity (Wildman–Crippen MR) is 68.1 cm³/mol. The molecule has 90 valence electrons. The molecule has 0 aliphatic carbocycles. The van der Waals surface area contributed by atoms with Crippen molar-refractivity contribution in [1.82, 2.24) is 14.8 Å². The molecule has 1 atom stereocenters. The number of hydrogen-bond acceptors (Lipinski definition) is 3. The zero-order chi connectivity index (χ0) is 12.3. The molecule has 0 aliphatic heterocycles. The van der Waals surface area contributed by atoms with Gasteiger partial charge in [0.25, 0.3) is 0 Å². The van der Waals surface area contributed by atoms with Crippen LogP contribution < -0.4 is 5.73 Å². The molecular formula is C13H18N4. The van der Waals surface area contributed by atoms with Gasteiger partial charge in [0.15, 0.2) is 0 Å². The summed E-state index contributed by atoms with van der Waals surface area (Å²) in [7, 11) is 0. The first-order chi connectivity index (χ1) is 8.19. The van der Waals surface area contributed by atoms with E-state index in [4.69, 9.17) is 5.73 Å². The van der Waals surface area contributed by atoms with Crippen molar-refractivity contribution < 1.29 is 0 Å². The Hall–Kier alpha value is -1.68. The van der Waals surface area contributed by atoms with E-state index in [1.165, 1.54) is 0 Å². The topological polar surface area (TPSA) is 56.7 Å². The number of aromatic nitrogens is 3. The van der Waals surface area contributed by atoms with Crippen LogP contribution in [0.15, 0.2) is 30.7 Å². The van der Waals surface area contributed by atoms with E-state index in [1.54, 1.807) is 0 Å². The Morgan fingerprint density at radius 2 is 2.24 bits per heavy atom. The van der Waals surface area contributed by atoms with Crippen molar-refractivity contribution in [1.29, 1.82) is 0 Å². The Bertz CT molecular complexity index is 490. The number of pyridine rings is 1. The van der Waals surface area contributed by atoms with Crippen molar-refractivity contribution in [2.75, 3.05) is 0 Å². The van der Waals surface area contributed by atoms with Gasteiger partial charge >= 0.3 is 0 Å². The summed E-state index contributed by atoms with van der Waals surface area (Å²) in [5, 5.41) is 4.37. The molecule has 2 aromatic heterocycles. The zero-order valence-corrected chi connectivity index (χ0v) is 10.3. The van der Waals surface area contributed by atoms with Crippen molar-refractivity contribution >= 4 is 0 Å². The van der Waals surface area contributed by atoms with Gasteiger partial charge in [-0.15, -0.1) is 0 Å². The van der Waals surface area contributed by atoms with Crippen molar-refractivity contribution in [3.8, 4) is 5.69 Å². The lowest BCUT2D eigenvalue weighted by molar-refractivity contribution is 0.644. The third kappa shape index (κ3) is 2.91. The Morgan fingerprint density at radius 1 is 1.41 bits per heavy atom. The van der Waals surface area contributed by atoms with Crippen LogP contribution >= 0.6 is 0 Å². The fourth-order valence-electron chi connectivity index (χ4n) is 1.72. The molecule has 0 saturated heterocycles. The van der Waals surface area contributed by atoms with Crippen LogP contribution in [0, 0.1) is 6.92 Å². The van der Waals surface area contributed by atoms with E-state index in [9.17, 15) is 0 Å². The highest BCUT2D eigenvalue weighted by Gasteiger charge is 2.04. The van der Waals surface area contributed by atoms with Gasteiger partial charge < -0.3 is 5.73 Å². The molecule has 2 N–H and O–H groups in total. The summed E-state index contributed by atoms with van der Waals surface area (Å²) in [6, 6.07) is 4.27. The first kappa shape index (κ1) is 11.8. The average molecular weight is 230 g/mol. The molecule has 0 fully saturated rings. The molecule has 0 radical (unpaired) electrons. The molecule has 2 aromatic rings. The normalized spacial score (nSPS) is 12.6. The van der Waals surface area contributed by atoms with E-state index in [2.05, 4.69) is 23.1 Å². The minimum atomic E-state index is 0.200. The smallest absolute Gasteiger partial charge is 0.0831 e. The summed E-state index contributed by atoms with van der Waals surface area (Å²) in [4.78, 5) is 4.24. The monoisotopic (exact) mass is 230 g/mol.